The van der Waals surface area contributed by atoms with Gasteiger partial charge in [0.1, 0.15) is 0 Å². The van der Waals surface area contributed by atoms with Crippen LogP contribution in [0, 0.1) is 0 Å². The molecule has 0 radical (unpaired) electrons. The fraction of sp³-hybridized carbons (Fsp3) is 0. The molecule has 0 aliphatic heterocycles. The molecule has 0 aromatic carbocycles. The van der Waals surface area contributed by atoms with E-state index in [2.05, 4.69) is 0 Å². The van der Waals surface area contributed by atoms with Crippen LogP contribution < -0.4 is 48.7 Å². The van der Waals surface area contributed by atoms with Gasteiger partial charge in [0.15, 0.2) is 0 Å². The first-order chi connectivity index (χ1) is 2.00. The zero-order valence-electron chi connectivity index (χ0n) is 3.63. The molecule has 0 atom stereocenters. The molecule has 0 aromatic rings. The molecule has 0 aromatic heterocycles. The molecule has 32 valence electrons. The van der Waals surface area contributed by atoms with Crippen molar-refractivity contribution in [3.8, 4) is 0 Å². The largest absolute Gasteiger partial charge is 4.00 e. The molecule has 0 saturated carbocycles. The van der Waals surface area contributed by atoms with E-state index in [1.54, 1.807) is 0 Å². The summed E-state index contributed by atoms with van der Waals surface area (Å²) in [7, 11) is -5.61. The third-order valence-electron chi connectivity index (χ3n) is 0. The second-order valence-electron chi connectivity index (χ2n) is 0.500. The van der Waals surface area contributed by atoms with Crippen molar-refractivity contribution >= 4 is 9.05 Å². The predicted molar refractivity (Wildman–Crippen MR) is 5.75 cm³/mol. The molecule has 0 aliphatic carbocycles. The summed E-state index contributed by atoms with van der Waals surface area (Å²) in [6.07, 6.45) is 0. The van der Waals surface area contributed by atoms with E-state index in [1.807, 2.05) is 0 Å². The van der Waals surface area contributed by atoms with Crippen LogP contribution in [-0.4, -0.2) is 9.05 Å². The quantitative estimate of drug-likeness (QED) is 0.368. The minimum Gasteiger partial charge on any atom is -0.894 e. The van der Waals surface area contributed by atoms with Crippen molar-refractivity contribution in [3.05, 3.63) is 0 Å². The minimum absolute atomic E-state index is 0. The molecule has 0 spiro atoms. The van der Waals surface area contributed by atoms with E-state index in [1.165, 1.54) is 0 Å². The monoisotopic (exact) mass is 205 g/mol. The molecule has 0 unspecified atom stereocenters. The van der Waals surface area contributed by atoms with Crippen LogP contribution in [0.4, 0.5) is 0 Å². The molecular formula is NaO4SiZr+. The Morgan fingerprint density at radius 1 is 0.857 bits per heavy atom. The summed E-state index contributed by atoms with van der Waals surface area (Å²) < 4.78 is 0. The van der Waals surface area contributed by atoms with Crippen molar-refractivity contribution in [1.29, 1.82) is 0 Å². The first-order valence-electron chi connectivity index (χ1n) is 0.816. The van der Waals surface area contributed by atoms with E-state index in [9.17, 15) is 0 Å². The normalized spacial score (nSPS) is 8.57. The summed E-state index contributed by atoms with van der Waals surface area (Å²) >= 11 is 0. The van der Waals surface area contributed by atoms with Gasteiger partial charge in [0.25, 0.3) is 0 Å². The van der Waals surface area contributed by atoms with E-state index in [0.29, 0.717) is 0 Å². The first kappa shape index (κ1) is 16.0. The second-order valence-corrected chi connectivity index (χ2v) is 1.50. The van der Waals surface area contributed by atoms with Gasteiger partial charge in [-0.3, -0.25) is 0 Å². The Kier molecular flexibility index (Phi) is 13.8. The molecule has 0 heterocycles. The van der Waals surface area contributed by atoms with Crippen molar-refractivity contribution in [2.75, 3.05) is 0 Å². The fourth-order valence-corrected chi connectivity index (χ4v) is 0. The summed E-state index contributed by atoms with van der Waals surface area (Å²) in [5.74, 6) is 0. The number of hydrogen-bond donors (Lipinski definition) is 0. The maximum Gasteiger partial charge on any atom is 4.00 e. The van der Waals surface area contributed by atoms with Gasteiger partial charge < -0.3 is 28.2 Å². The maximum atomic E-state index is 8.58. The maximum absolute atomic E-state index is 8.58. The van der Waals surface area contributed by atoms with Crippen molar-refractivity contribution in [2.24, 2.45) is 0 Å². The molecule has 0 fully saturated rings. The van der Waals surface area contributed by atoms with Gasteiger partial charge in [0.05, 0.1) is 0 Å². The zero-order chi connectivity index (χ0) is 4.50. The molecule has 7 heteroatoms. The zero-order valence-corrected chi connectivity index (χ0v) is 9.09. The van der Waals surface area contributed by atoms with Gasteiger partial charge in [-0.1, -0.05) is 0 Å². The Bertz CT molecular complexity index is 27.2. The molecular weight excluding hydrogens is 206 g/mol. The van der Waals surface area contributed by atoms with Gasteiger partial charge in [-0.15, -0.1) is 0 Å². The van der Waals surface area contributed by atoms with E-state index in [-0.39, 0.29) is 55.8 Å². The van der Waals surface area contributed by atoms with E-state index in [0.717, 1.165) is 0 Å². The summed E-state index contributed by atoms with van der Waals surface area (Å²) in [4.78, 5) is 34.3. The third-order valence-corrected chi connectivity index (χ3v) is 0. The Labute approximate surface area is 83.1 Å². The molecule has 4 nitrogen and oxygen atoms in total. The van der Waals surface area contributed by atoms with E-state index >= 15 is 0 Å². The van der Waals surface area contributed by atoms with Crippen molar-refractivity contribution in [1.82, 2.24) is 0 Å². The van der Waals surface area contributed by atoms with Crippen molar-refractivity contribution in [2.45, 2.75) is 0 Å². The average Bonchev–Trinajstić information content (AvgIpc) is 0.722. The van der Waals surface area contributed by atoms with Gasteiger partial charge in [-0.05, 0) is 0 Å². The summed E-state index contributed by atoms with van der Waals surface area (Å²) in [6.45, 7) is 0. The summed E-state index contributed by atoms with van der Waals surface area (Å²) in [5.41, 5.74) is 0. The van der Waals surface area contributed by atoms with Gasteiger partial charge in [0.2, 0.25) is 0 Å². The molecule has 0 amide bonds. The fourth-order valence-electron chi connectivity index (χ4n) is 0. The van der Waals surface area contributed by atoms with Crippen molar-refractivity contribution < 1.29 is 74.9 Å². The van der Waals surface area contributed by atoms with Crippen LogP contribution in [0.15, 0.2) is 0 Å². The Balaban J connectivity index is -0.0000000800. The van der Waals surface area contributed by atoms with Gasteiger partial charge in [-0.25, -0.2) is 0 Å². The molecule has 0 rings (SSSR count). The molecule has 0 bridgehead atoms. The topological polar surface area (TPSA) is 92.2 Å². The summed E-state index contributed by atoms with van der Waals surface area (Å²) in [5, 5.41) is 0. The van der Waals surface area contributed by atoms with E-state index in [4.69, 9.17) is 19.2 Å². The second kappa shape index (κ2) is 6.07. The smallest absolute Gasteiger partial charge is 0.894 e. The van der Waals surface area contributed by atoms with E-state index < -0.39 is 9.05 Å². The molecule has 0 N–H and O–H groups in total. The van der Waals surface area contributed by atoms with Gasteiger partial charge >= 0.3 is 55.8 Å². The van der Waals surface area contributed by atoms with Crippen LogP contribution in [0.25, 0.3) is 0 Å². The van der Waals surface area contributed by atoms with Crippen LogP contribution in [0.2, 0.25) is 0 Å². The summed E-state index contributed by atoms with van der Waals surface area (Å²) in [6, 6.07) is 0. The Morgan fingerprint density at radius 3 is 0.857 bits per heavy atom. The van der Waals surface area contributed by atoms with Gasteiger partial charge in [0, 0.05) is 0 Å². The van der Waals surface area contributed by atoms with Crippen LogP contribution in [-0.2, 0) is 26.2 Å². The number of rotatable bonds is 0. The molecule has 7 heavy (non-hydrogen) atoms. The third kappa shape index (κ3) is 74.4. The van der Waals surface area contributed by atoms with Crippen molar-refractivity contribution in [3.63, 3.8) is 0 Å². The van der Waals surface area contributed by atoms with Crippen LogP contribution in [0.5, 0.6) is 0 Å². The Hall–Kier alpha value is 1.94. The minimum atomic E-state index is -5.61. The van der Waals surface area contributed by atoms with Crippen LogP contribution >= 0.6 is 0 Å². The van der Waals surface area contributed by atoms with Crippen LogP contribution in [0.1, 0.15) is 0 Å². The Morgan fingerprint density at radius 2 is 0.857 bits per heavy atom. The SMILES string of the molecule is [Na+].[O-][Si]([O-])([O-])[O-].[Zr+4]. The van der Waals surface area contributed by atoms with Crippen LogP contribution in [0.3, 0.4) is 0 Å². The molecule has 0 saturated heterocycles. The standard InChI is InChI=1S/Na.O4Si.Zr/c;1-5(2,3)4;/q+1;-4;+4. The molecule has 0 aliphatic rings. The number of hydrogen-bond acceptors (Lipinski definition) is 4. The first-order valence-corrected chi connectivity index (χ1v) is 2.45. The average molecular weight is 206 g/mol. The van der Waals surface area contributed by atoms with Gasteiger partial charge in [-0.2, -0.15) is 0 Å². The predicted octanol–water partition coefficient (Wildman–Crippen LogP) is -8.14.